The molecule has 0 unspecified atom stereocenters. The SMILES string of the molecule is [Cl][Ti]([Cl])([Cl])[Cl].[O]=[Ti]. The van der Waals surface area contributed by atoms with E-state index in [4.69, 9.17) is 40.5 Å². The monoisotopic (exact) mass is 252 g/mol. The van der Waals surface area contributed by atoms with E-state index < -0.39 is 12.3 Å². The second-order valence-electron chi connectivity index (χ2n) is 0.429. The van der Waals surface area contributed by atoms with Crippen LogP contribution >= 0.6 is 37.2 Å². The zero-order valence-corrected chi connectivity index (χ0v) is 9.07. The third-order valence-electron chi connectivity index (χ3n) is 0. The molecule has 0 atom stereocenters. The first-order valence-electron chi connectivity index (χ1n) is 0.960. The Morgan fingerprint density at radius 1 is 1.00 bits per heavy atom. The summed E-state index contributed by atoms with van der Waals surface area (Å²) in [6, 6.07) is 0. The summed E-state index contributed by atoms with van der Waals surface area (Å²) in [7, 11) is 20.1. The Bertz CT molecular complexity index is 33.4. The molecular formula is Cl4OTi2. The van der Waals surface area contributed by atoms with E-state index in [2.05, 4.69) is 0 Å². The van der Waals surface area contributed by atoms with E-state index in [0.717, 1.165) is 20.4 Å². The Hall–Kier alpha value is 2.39. The van der Waals surface area contributed by atoms with E-state index in [-0.39, 0.29) is 0 Å². The van der Waals surface area contributed by atoms with Crippen molar-refractivity contribution in [3.05, 3.63) is 0 Å². The maximum atomic E-state index is 8.25. The van der Waals surface area contributed by atoms with Crippen molar-refractivity contribution in [3.63, 3.8) is 0 Å². The van der Waals surface area contributed by atoms with Crippen LogP contribution in [0.1, 0.15) is 0 Å². The van der Waals surface area contributed by atoms with Crippen LogP contribution in [0.5, 0.6) is 0 Å². The van der Waals surface area contributed by atoms with Crippen molar-refractivity contribution in [2.45, 2.75) is 0 Å². The van der Waals surface area contributed by atoms with Crippen molar-refractivity contribution in [2.75, 3.05) is 0 Å². The topological polar surface area (TPSA) is 17.1 Å². The molecule has 0 saturated carbocycles. The van der Waals surface area contributed by atoms with Gasteiger partial charge in [-0.2, -0.15) is 0 Å². The van der Waals surface area contributed by atoms with E-state index in [9.17, 15) is 0 Å². The molecule has 7 heavy (non-hydrogen) atoms. The van der Waals surface area contributed by atoms with E-state index in [1.807, 2.05) is 0 Å². The average molecular weight is 254 g/mol. The van der Waals surface area contributed by atoms with Crippen LogP contribution < -0.4 is 0 Å². The number of rotatable bonds is 0. The molecule has 7 heteroatoms. The fraction of sp³-hybridized carbons (Fsp3) is 0. The van der Waals surface area contributed by atoms with Crippen LogP contribution in [0.25, 0.3) is 0 Å². The van der Waals surface area contributed by atoms with Gasteiger partial charge in [-0.3, -0.25) is 0 Å². The molecule has 1 nitrogen and oxygen atoms in total. The molecule has 0 aromatic heterocycles. The van der Waals surface area contributed by atoms with Crippen molar-refractivity contribution in [1.29, 1.82) is 0 Å². The molecule has 0 aliphatic rings. The summed E-state index contributed by atoms with van der Waals surface area (Å²) in [6.45, 7) is 0. The van der Waals surface area contributed by atoms with Crippen LogP contribution in [0.15, 0.2) is 0 Å². The van der Waals surface area contributed by atoms with Crippen LogP contribution in [0.4, 0.5) is 0 Å². The molecule has 0 rings (SSSR count). The Morgan fingerprint density at radius 2 is 1.00 bits per heavy atom. The Morgan fingerprint density at radius 3 is 1.00 bits per heavy atom. The normalized spacial score (nSPS) is 9.00. The van der Waals surface area contributed by atoms with Gasteiger partial charge in [0.1, 0.15) is 0 Å². The van der Waals surface area contributed by atoms with E-state index in [0.29, 0.717) is 0 Å². The zero-order chi connectivity index (χ0) is 6.50. The van der Waals surface area contributed by atoms with Crippen molar-refractivity contribution >= 4 is 37.2 Å². The first kappa shape index (κ1) is 12.1. The molecule has 42 valence electrons. The number of hydrogen-bond donors (Lipinski definition) is 0. The summed E-state index contributed by atoms with van der Waals surface area (Å²) in [5, 5.41) is 0. The Balaban J connectivity index is 0. The minimum absolute atomic E-state index is 0.750. The molecule has 0 N–H and O–H groups in total. The third-order valence-corrected chi connectivity index (χ3v) is 0. The summed E-state index contributed by atoms with van der Waals surface area (Å²) < 4.78 is 8.25. The molecule has 0 aromatic carbocycles. The first-order valence-corrected chi connectivity index (χ1v) is 10.2. The Kier molecular flexibility index (Phi) is 11.3. The van der Waals surface area contributed by atoms with Gasteiger partial charge in [-0.1, -0.05) is 0 Å². The predicted molar refractivity (Wildman–Crippen MR) is 24.1 cm³/mol. The van der Waals surface area contributed by atoms with Gasteiger partial charge in [0.15, 0.2) is 0 Å². The fourth-order valence-corrected chi connectivity index (χ4v) is 0. The third kappa shape index (κ3) is 60.0. The molecule has 0 fully saturated rings. The first-order chi connectivity index (χ1) is 3.00. The van der Waals surface area contributed by atoms with Gasteiger partial charge in [-0.25, -0.2) is 0 Å². The van der Waals surface area contributed by atoms with Crippen LogP contribution in [0.3, 0.4) is 0 Å². The van der Waals surface area contributed by atoms with Crippen LogP contribution in [0.2, 0.25) is 0 Å². The minimum atomic E-state index is -3.11. The number of halogens is 4. The molecule has 0 spiro atoms. The average Bonchev–Trinajstić information content (AvgIpc) is 1.36. The molecule has 0 aliphatic heterocycles. The molecule has 0 aliphatic carbocycles. The standard InChI is InChI=1S/4ClH.O.2Ti/h4*1H;;;/q;;;;;;+4/p-4. The molecule has 0 aromatic rings. The van der Waals surface area contributed by atoms with Crippen molar-refractivity contribution in [1.82, 2.24) is 0 Å². The van der Waals surface area contributed by atoms with Gasteiger partial charge in [0.25, 0.3) is 0 Å². The molecular weight excluding hydrogens is 254 g/mol. The molecule has 0 amide bonds. The predicted octanol–water partition coefficient (Wildman–Crippen LogP) is 2.63. The summed E-state index contributed by atoms with van der Waals surface area (Å²) in [5.74, 6) is 0. The molecule has 0 saturated heterocycles. The van der Waals surface area contributed by atoms with Crippen LogP contribution in [-0.4, -0.2) is 0 Å². The van der Waals surface area contributed by atoms with Gasteiger partial charge in [0.2, 0.25) is 0 Å². The van der Waals surface area contributed by atoms with E-state index >= 15 is 0 Å². The fourth-order valence-electron chi connectivity index (χ4n) is 0. The maximum absolute atomic E-state index is 8.25. The van der Waals surface area contributed by atoms with Crippen LogP contribution in [-0.2, 0) is 36.1 Å². The quantitative estimate of drug-likeness (QED) is 0.607. The van der Waals surface area contributed by atoms with E-state index in [1.165, 1.54) is 0 Å². The van der Waals surface area contributed by atoms with Crippen molar-refractivity contribution in [3.8, 4) is 0 Å². The van der Waals surface area contributed by atoms with Crippen LogP contribution in [0, 0.1) is 0 Å². The second-order valence-corrected chi connectivity index (χ2v) is 15.9. The van der Waals surface area contributed by atoms with Gasteiger partial charge < -0.3 is 0 Å². The summed E-state index contributed by atoms with van der Waals surface area (Å²) >= 11 is -2.36. The van der Waals surface area contributed by atoms with Crippen molar-refractivity contribution < 1.29 is 36.1 Å². The van der Waals surface area contributed by atoms with Crippen molar-refractivity contribution in [2.24, 2.45) is 0 Å². The number of hydrogen-bond acceptors (Lipinski definition) is 1. The Labute approximate surface area is 72.2 Å². The molecule has 0 heterocycles. The van der Waals surface area contributed by atoms with Gasteiger partial charge in [-0.05, 0) is 0 Å². The van der Waals surface area contributed by atoms with Gasteiger partial charge in [0.05, 0.1) is 0 Å². The van der Waals surface area contributed by atoms with Gasteiger partial charge in [-0.15, -0.1) is 0 Å². The zero-order valence-electron chi connectivity index (χ0n) is 2.92. The summed E-state index contributed by atoms with van der Waals surface area (Å²) in [4.78, 5) is 0. The summed E-state index contributed by atoms with van der Waals surface area (Å²) in [6.07, 6.45) is 0. The van der Waals surface area contributed by atoms with Gasteiger partial charge in [0, 0.05) is 0 Å². The van der Waals surface area contributed by atoms with E-state index in [1.54, 1.807) is 0 Å². The molecule has 0 radical (unpaired) electrons. The second kappa shape index (κ2) is 6.51. The summed E-state index contributed by atoms with van der Waals surface area (Å²) in [5.41, 5.74) is 0. The van der Waals surface area contributed by atoms with Gasteiger partial charge >= 0.3 is 73.3 Å². The molecule has 0 bridgehead atoms.